The molecule has 0 atom stereocenters. The number of carbonyl (C=O) groups is 1. The second kappa shape index (κ2) is 9.64. The van der Waals surface area contributed by atoms with E-state index in [1.54, 1.807) is 0 Å². The Balaban J connectivity index is 1.34. The summed E-state index contributed by atoms with van der Waals surface area (Å²) in [4.78, 5) is 15.8. The SMILES string of the molecule is O=C(CC(c1ccccc1)c1ccccc1)OCCCc1c[nH]c2ccc(Cl)cc12. The summed E-state index contributed by atoms with van der Waals surface area (Å²) in [5.41, 5.74) is 4.50. The fourth-order valence-corrected chi connectivity index (χ4v) is 4.00. The van der Waals surface area contributed by atoms with Crippen molar-refractivity contribution in [3.63, 3.8) is 0 Å². The summed E-state index contributed by atoms with van der Waals surface area (Å²) in [6.07, 6.45) is 3.93. The molecule has 0 saturated heterocycles. The van der Waals surface area contributed by atoms with E-state index in [9.17, 15) is 4.79 Å². The van der Waals surface area contributed by atoms with Gasteiger partial charge in [0.05, 0.1) is 13.0 Å². The van der Waals surface area contributed by atoms with Crippen molar-refractivity contribution in [1.29, 1.82) is 0 Å². The number of rotatable bonds is 8. The molecule has 152 valence electrons. The Morgan fingerprint density at radius 2 is 1.60 bits per heavy atom. The summed E-state index contributed by atoms with van der Waals surface area (Å²) in [7, 11) is 0. The lowest BCUT2D eigenvalue weighted by molar-refractivity contribution is -0.144. The summed E-state index contributed by atoms with van der Waals surface area (Å²) < 4.78 is 5.57. The van der Waals surface area contributed by atoms with E-state index in [0.29, 0.717) is 13.0 Å². The van der Waals surface area contributed by atoms with Crippen molar-refractivity contribution in [1.82, 2.24) is 4.98 Å². The molecule has 0 bridgehead atoms. The van der Waals surface area contributed by atoms with Crippen LogP contribution in [-0.4, -0.2) is 17.6 Å². The number of aryl methyl sites for hydroxylation is 1. The fraction of sp³-hybridized carbons (Fsp3) is 0.192. The third-order valence-corrected chi connectivity index (χ3v) is 5.59. The fourth-order valence-electron chi connectivity index (χ4n) is 3.83. The van der Waals surface area contributed by atoms with Crippen LogP contribution in [0.5, 0.6) is 0 Å². The Bertz CT molecular complexity index is 1070. The smallest absolute Gasteiger partial charge is 0.306 e. The van der Waals surface area contributed by atoms with Crippen LogP contribution < -0.4 is 0 Å². The van der Waals surface area contributed by atoms with Crippen LogP contribution in [0.25, 0.3) is 10.9 Å². The van der Waals surface area contributed by atoms with Gasteiger partial charge in [-0.05, 0) is 47.7 Å². The van der Waals surface area contributed by atoms with Crippen LogP contribution in [-0.2, 0) is 16.0 Å². The third kappa shape index (κ3) is 4.92. The zero-order valence-corrected chi connectivity index (χ0v) is 17.4. The molecule has 0 aliphatic heterocycles. The van der Waals surface area contributed by atoms with E-state index < -0.39 is 0 Å². The van der Waals surface area contributed by atoms with Crippen LogP contribution in [0.4, 0.5) is 0 Å². The number of nitrogens with one attached hydrogen (secondary N) is 1. The van der Waals surface area contributed by atoms with Gasteiger partial charge >= 0.3 is 5.97 Å². The maximum atomic E-state index is 12.6. The second-order valence-electron chi connectivity index (χ2n) is 7.41. The lowest BCUT2D eigenvalue weighted by atomic mass is 9.89. The molecule has 4 heteroatoms. The summed E-state index contributed by atoms with van der Waals surface area (Å²) in [6, 6.07) is 26.1. The predicted molar refractivity (Wildman–Crippen MR) is 122 cm³/mol. The molecule has 0 spiro atoms. The molecule has 4 rings (SSSR count). The van der Waals surface area contributed by atoms with Crippen LogP contribution in [0.3, 0.4) is 0 Å². The standard InChI is InChI=1S/C26H24ClNO2/c27-22-13-14-25-24(16-22)21(18-28-25)12-7-15-30-26(29)17-23(19-8-3-1-4-9-19)20-10-5-2-6-11-20/h1-6,8-11,13-14,16,18,23,28H,7,12,15,17H2. The number of H-pyrrole nitrogens is 1. The molecule has 1 heterocycles. The van der Waals surface area contributed by atoms with E-state index in [4.69, 9.17) is 16.3 Å². The Morgan fingerprint density at radius 3 is 2.27 bits per heavy atom. The van der Waals surface area contributed by atoms with Gasteiger partial charge in [0.15, 0.2) is 0 Å². The number of aromatic amines is 1. The molecular formula is C26H24ClNO2. The maximum absolute atomic E-state index is 12.6. The van der Waals surface area contributed by atoms with Crippen LogP contribution in [0.1, 0.15) is 35.4 Å². The number of carbonyl (C=O) groups excluding carboxylic acids is 1. The van der Waals surface area contributed by atoms with Gasteiger partial charge < -0.3 is 9.72 Å². The number of aromatic nitrogens is 1. The third-order valence-electron chi connectivity index (χ3n) is 5.36. The van der Waals surface area contributed by atoms with Crippen LogP contribution in [0.2, 0.25) is 5.02 Å². The first-order chi connectivity index (χ1) is 14.7. The maximum Gasteiger partial charge on any atom is 0.306 e. The van der Waals surface area contributed by atoms with Gasteiger partial charge in [-0.3, -0.25) is 4.79 Å². The van der Waals surface area contributed by atoms with Gasteiger partial charge in [0, 0.05) is 28.0 Å². The minimum absolute atomic E-state index is 0.00402. The molecule has 0 radical (unpaired) electrons. The quantitative estimate of drug-likeness (QED) is 0.262. The minimum atomic E-state index is -0.172. The van der Waals surface area contributed by atoms with Gasteiger partial charge in [-0.2, -0.15) is 0 Å². The number of esters is 1. The zero-order valence-electron chi connectivity index (χ0n) is 16.7. The number of hydrogen-bond acceptors (Lipinski definition) is 2. The lowest BCUT2D eigenvalue weighted by Crippen LogP contribution is -2.12. The number of ether oxygens (including phenoxy) is 1. The summed E-state index contributed by atoms with van der Waals surface area (Å²) >= 11 is 6.12. The number of benzene rings is 3. The van der Waals surface area contributed by atoms with Crippen molar-refractivity contribution in [3.05, 3.63) is 107 Å². The van der Waals surface area contributed by atoms with Crippen molar-refractivity contribution in [3.8, 4) is 0 Å². The Kier molecular flexibility index (Phi) is 6.50. The average molecular weight is 418 g/mol. The van der Waals surface area contributed by atoms with E-state index in [2.05, 4.69) is 29.2 Å². The number of halogens is 1. The molecule has 0 unspecified atom stereocenters. The largest absolute Gasteiger partial charge is 0.466 e. The Morgan fingerprint density at radius 1 is 0.933 bits per heavy atom. The average Bonchev–Trinajstić information content (AvgIpc) is 3.18. The molecule has 0 amide bonds. The van der Waals surface area contributed by atoms with E-state index in [0.717, 1.165) is 39.9 Å². The van der Waals surface area contributed by atoms with Gasteiger partial charge in [-0.25, -0.2) is 0 Å². The molecule has 30 heavy (non-hydrogen) atoms. The van der Waals surface area contributed by atoms with Crippen LogP contribution in [0.15, 0.2) is 85.1 Å². The van der Waals surface area contributed by atoms with Crippen molar-refractivity contribution >= 4 is 28.5 Å². The van der Waals surface area contributed by atoms with Crippen molar-refractivity contribution in [2.75, 3.05) is 6.61 Å². The van der Waals surface area contributed by atoms with E-state index in [-0.39, 0.29) is 11.9 Å². The van der Waals surface area contributed by atoms with Crippen molar-refractivity contribution < 1.29 is 9.53 Å². The molecule has 3 aromatic carbocycles. The predicted octanol–water partition coefficient (Wildman–Crippen LogP) is 6.52. The summed E-state index contributed by atoms with van der Waals surface area (Å²) in [5.74, 6) is -0.176. The van der Waals surface area contributed by atoms with Crippen molar-refractivity contribution in [2.45, 2.75) is 25.2 Å². The molecule has 0 fully saturated rings. The lowest BCUT2D eigenvalue weighted by Gasteiger charge is -2.17. The second-order valence-corrected chi connectivity index (χ2v) is 7.84. The van der Waals surface area contributed by atoms with E-state index >= 15 is 0 Å². The topological polar surface area (TPSA) is 42.1 Å². The molecule has 3 nitrogen and oxygen atoms in total. The molecule has 1 N–H and O–H groups in total. The first-order valence-electron chi connectivity index (χ1n) is 10.2. The van der Waals surface area contributed by atoms with Gasteiger partial charge in [-0.15, -0.1) is 0 Å². The van der Waals surface area contributed by atoms with Crippen LogP contribution >= 0.6 is 11.6 Å². The Hall–Kier alpha value is -3.04. The van der Waals surface area contributed by atoms with E-state index in [1.165, 1.54) is 5.56 Å². The molecule has 1 aromatic heterocycles. The highest BCUT2D eigenvalue weighted by Gasteiger charge is 2.19. The number of fused-ring (bicyclic) bond motifs is 1. The molecular weight excluding hydrogens is 394 g/mol. The highest BCUT2D eigenvalue weighted by atomic mass is 35.5. The molecule has 4 aromatic rings. The first kappa shape index (κ1) is 20.2. The monoisotopic (exact) mass is 417 g/mol. The molecule has 0 aliphatic carbocycles. The van der Waals surface area contributed by atoms with Crippen molar-refractivity contribution in [2.24, 2.45) is 0 Å². The highest BCUT2D eigenvalue weighted by molar-refractivity contribution is 6.31. The summed E-state index contributed by atoms with van der Waals surface area (Å²) in [6.45, 7) is 0.405. The van der Waals surface area contributed by atoms with Gasteiger partial charge in [0.25, 0.3) is 0 Å². The van der Waals surface area contributed by atoms with Gasteiger partial charge in [-0.1, -0.05) is 72.3 Å². The highest BCUT2D eigenvalue weighted by Crippen LogP contribution is 2.28. The van der Waals surface area contributed by atoms with Gasteiger partial charge in [0.1, 0.15) is 0 Å². The molecule has 0 aliphatic rings. The molecule has 0 saturated carbocycles. The first-order valence-corrected chi connectivity index (χ1v) is 10.6. The minimum Gasteiger partial charge on any atom is -0.466 e. The zero-order chi connectivity index (χ0) is 20.8. The summed E-state index contributed by atoms with van der Waals surface area (Å²) in [5, 5.41) is 1.85. The van der Waals surface area contributed by atoms with Crippen LogP contribution in [0, 0.1) is 0 Å². The van der Waals surface area contributed by atoms with E-state index in [1.807, 2.05) is 60.8 Å². The Labute approximate surface area is 181 Å². The van der Waals surface area contributed by atoms with Gasteiger partial charge in [0.2, 0.25) is 0 Å². The number of hydrogen-bond donors (Lipinski definition) is 1. The normalized spacial score (nSPS) is 11.1.